The van der Waals surface area contributed by atoms with Gasteiger partial charge >= 0.3 is 0 Å². The SMILES string of the molecule is Cc1cc(N2CCCCC2)ccc1CNCC(C)C. The monoisotopic (exact) mass is 260 g/mol. The Kier molecular flexibility index (Phi) is 5.26. The molecule has 1 aliphatic heterocycles. The Labute approximate surface area is 118 Å². The summed E-state index contributed by atoms with van der Waals surface area (Å²) in [4.78, 5) is 2.53. The van der Waals surface area contributed by atoms with Gasteiger partial charge in [0.05, 0.1) is 0 Å². The first-order chi connectivity index (χ1) is 9.16. The normalized spacial score (nSPS) is 16.1. The van der Waals surface area contributed by atoms with Gasteiger partial charge in [-0.1, -0.05) is 19.9 Å². The fourth-order valence-corrected chi connectivity index (χ4v) is 2.72. The van der Waals surface area contributed by atoms with Crippen molar-refractivity contribution < 1.29 is 0 Å². The maximum Gasteiger partial charge on any atom is 0.0369 e. The lowest BCUT2D eigenvalue weighted by molar-refractivity contribution is 0.551. The summed E-state index contributed by atoms with van der Waals surface area (Å²) in [6.45, 7) is 11.3. The molecule has 0 aliphatic carbocycles. The summed E-state index contributed by atoms with van der Waals surface area (Å²) in [7, 11) is 0. The average molecular weight is 260 g/mol. The smallest absolute Gasteiger partial charge is 0.0369 e. The van der Waals surface area contributed by atoms with Crippen molar-refractivity contribution in [3.05, 3.63) is 29.3 Å². The van der Waals surface area contributed by atoms with Crippen LogP contribution in [0.4, 0.5) is 5.69 Å². The zero-order chi connectivity index (χ0) is 13.7. The van der Waals surface area contributed by atoms with E-state index in [0.717, 1.165) is 13.1 Å². The third-order valence-electron chi connectivity index (χ3n) is 3.92. The molecule has 19 heavy (non-hydrogen) atoms. The lowest BCUT2D eigenvalue weighted by Gasteiger charge is -2.29. The molecule has 2 rings (SSSR count). The largest absolute Gasteiger partial charge is 0.372 e. The first kappa shape index (κ1) is 14.4. The molecule has 2 nitrogen and oxygen atoms in total. The van der Waals surface area contributed by atoms with Crippen molar-refractivity contribution in [2.75, 3.05) is 24.5 Å². The second-order valence-corrected chi connectivity index (χ2v) is 6.18. The van der Waals surface area contributed by atoms with Crippen molar-refractivity contribution in [3.8, 4) is 0 Å². The Morgan fingerprint density at radius 2 is 1.89 bits per heavy atom. The van der Waals surface area contributed by atoms with Crippen molar-refractivity contribution >= 4 is 5.69 Å². The van der Waals surface area contributed by atoms with Gasteiger partial charge in [-0.15, -0.1) is 0 Å². The molecule has 1 aromatic carbocycles. The van der Waals surface area contributed by atoms with Crippen LogP contribution in [0.5, 0.6) is 0 Å². The minimum atomic E-state index is 0.716. The van der Waals surface area contributed by atoms with E-state index in [1.54, 1.807) is 0 Å². The van der Waals surface area contributed by atoms with E-state index in [9.17, 15) is 0 Å². The molecule has 1 fully saturated rings. The third-order valence-corrected chi connectivity index (χ3v) is 3.92. The van der Waals surface area contributed by atoms with Crippen molar-refractivity contribution in [1.29, 1.82) is 0 Å². The number of hydrogen-bond acceptors (Lipinski definition) is 2. The first-order valence-electron chi connectivity index (χ1n) is 7.72. The molecule has 0 radical (unpaired) electrons. The maximum absolute atomic E-state index is 3.53. The van der Waals surface area contributed by atoms with E-state index >= 15 is 0 Å². The van der Waals surface area contributed by atoms with Gasteiger partial charge in [0.15, 0.2) is 0 Å². The number of piperidine rings is 1. The van der Waals surface area contributed by atoms with Crippen LogP contribution in [-0.4, -0.2) is 19.6 Å². The van der Waals surface area contributed by atoms with Gasteiger partial charge in [0.1, 0.15) is 0 Å². The lowest BCUT2D eigenvalue weighted by atomic mass is 10.1. The second-order valence-electron chi connectivity index (χ2n) is 6.18. The molecule has 1 saturated heterocycles. The van der Waals surface area contributed by atoms with Crippen LogP contribution in [0.15, 0.2) is 18.2 Å². The van der Waals surface area contributed by atoms with Crippen LogP contribution in [0.2, 0.25) is 0 Å². The summed E-state index contributed by atoms with van der Waals surface area (Å²) in [5.74, 6) is 0.716. The molecule has 1 aliphatic rings. The molecule has 1 heterocycles. The highest BCUT2D eigenvalue weighted by Crippen LogP contribution is 2.22. The molecule has 2 heteroatoms. The van der Waals surface area contributed by atoms with Crippen LogP contribution in [0, 0.1) is 12.8 Å². The lowest BCUT2D eigenvalue weighted by Crippen LogP contribution is -2.29. The fourth-order valence-electron chi connectivity index (χ4n) is 2.72. The molecule has 1 aromatic rings. The van der Waals surface area contributed by atoms with Gasteiger partial charge in [-0.05, 0) is 61.9 Å². The van der Waals surface area contributed by atoms with Crippen molar-refractivity contribution in [2.45, 2.75) is 46.6 Å². The molecule has 106 valence electrons. The van der Waals surface area contributed by atoms with Crippen LogP contribution in [0.3, 0.4) is 0 Å². The molecule has 1 N–H and O–H groups in total. The summed E-state index contributed by atoms with van der Waals surface area (Å²) < 4.78 is 0. The predicted molar refractivity (Wildman–Crippen MR) is 83.8 cm³/mol. The zero-order valence-corrected chi connectivity index (χ0v) is 12.7. The maximum atomic E-state index is 3.53. The number of nitrogens with one attached hydrogen (secondary N) is 1. The van der Waals surface area contributed by atoms with E-state index in [1.807, 2.05) is 0 Å². The number of anilines is 1. The highest BCUT2D eigenvalue weighted by atomic mass is 15.1. The van der Waals surface area contributed by atoms with Crippen molar-refractivity contribution in [1.82, 2.24) is 5.32 Å². The Morgan fingerprint density at radius 1 is 1.16 bits per heavy atom. The van der Waals surface area contributed by atoms with E-state index in [2.05, 4.69) is 49.2 Å². The van der Waals surface area contributed by atoms with Crippen LogP contribution >= 0.6 is 0 Å². The third kappa shape index (κ3) is 4.24. The number of nitrogens with zero attached hydrogens (tertiary/aromatic N) is 1. The van der Waals surface area contributed by atoms with Crippen LogP contribution in [0.1, 0.15) is 44.2 Å². The second kappa shape index (κ2) is 6.95. The predicted octanol–water partition coefficient (Wildman–Crippen LogP) is 3.73. The van der Waals surface area contributed by atoms with E-state index < -0.39 is 0 Å². The van der Waals surface area contributed by atoms with Crippen LogP contribution < -0.4 is 10.2 Å². The van der Waals surface area contributed by atoms with E-state index in [0.29, 0.717) is 5.92 Å². The number of rotatable bonds is 5. The zero-order valence-electron chi connectivity index (χ0n) is 12.7. The van der Waals surface area contributed by atoms with Gasteiger partial charge < -0.3 is 10.2 Å². The summed E-state index contributed by atoms with van der Waals surface area (Å²) in [6.07, 6.45) is 4.08. The van der Waals surface area contributed by atoms with Crippen molar-refractivity contribution in [3.63, 3.8) is 0 Å². The number of benzene rings is 1. The molecular weight excluding hydrogens is 232 g/mol. The molecule has 0 saturated carbocycles. The Bertz CT molecular complexity index is 392. The van der Waals surface area contributed by atoms with Crippen LogP contribution in [0.25, 0.3) is 0 Å². The van der Waals surface area contributed by atoms with Gasteiger partial charge in [-0.3, -0.25) is 0 Å². The molecule has 0 aromatic heterocycles. The van der Waals surface area contributed by atoms with Crippen molar-refractivity contribution in [2.24, 2.45) is 5.92 Å². The Hall–Kier alpha value is -1.02. The van der Waals surface area contributed by atoms with Gasteiger partial charge in [-0.25, -0.2) is 0 Å². The summed E-state index contributed by atoms with van der Waals surface area (Å²) in [5, 5.41) is 3.53. The molecule has 0 unspecified atom stereocenters. The van der Waals surface area contributed by atoms with E-state index in [4.69, 9.17) is 0 Å². The van der Waals surface area contributed by atoms with Gasteiger partial charge in [0.2, 0.25) is 0 Å². The molecule has 0 spiro atoms. The van der Waals surface area contributed by atoms with E-state index in [1.165, 1.54) is 49.2 Å². The molecule has 0 bridgehead atoms. The quantitative estimate of drug-likeness (QED) is 0.868. The number of aryl methyl sites for hydroxylation is 1. The highest BCUT2D eigenvalue weighted by Gasteiger charge is 2.11. The number of hydrogen-bond donors (Lipinski definition) is 1. The first-order valence-corrected chi connectivity index (χ1v) is 7.72. The summed E-state index contributed by atoms with van der Waals surface area (Å²) in [5.41, 5.74) is 4.26. The summed E-state index contributed by atoms with van der Waals surface area (Å²) in [6, 6.07) is 6.95. The average Bonchev–Trinajstić information content (AvgIpc) is 2.41. The van der Waals surface area contributed by atoms with Gasteiger partial charge in [0, 0.05) is 25.3 Å². The summed E-state index contributed by atoms with van der Waals surface area (Å²) >= 11 is 0. The minimum Gasteiger partial charge on any atom is -0.372 e. The standard InChI is InChI=1S/C17H28N2/c1-14(2)12-18-13-16-7-8-17(11-15(16)3)19-9-5-4-6-10-19/h7-8,11,14,18H,4-6,9-10,12-13H2,1-3H3. The van der Waals surface area contributed by atoms with Gasteiger partial charge in [0.25, 0.3) is 0 Å². The highest BCUT2D eigenvalue weighted by molar-refractivity contribution is 5.51. The minimum absolute atomic E-state index is 0.716. The molecule has 0 amide bonds. The Morgan fingerprint density at radius 3 is 2.53 bits per heavy atom. The topological polar surface area (TPSA) is 15.3 Å². The Balaban J connectivity index is 1.96. The van der Waals surface area contributed by atoms with E-state index in [-0.39, 0.29) is 0 Å². The molecular formula is C17H28N2. The molecule has 0 atom stereocenters. The van der Waals surface area contributed by atoms with Gasteiger partial charge in [-0.2, -0.15) is 0 Å². The van der Waals surface area contributed by atoms with Crippen LogP contribution in [-0.2, 0) is 6.54 Å². The fraction of sp³-hybridized carbons (Fsp3) is 0.647.